The molecule has 1 aliphatic rings. The third kappa shape index (κ3) is 5.11. The fourth-order valence-electron chi connectivity index (χ4n) is 3.28. The molecular weight excluding hydrogens is 394 g/mol. The van der Waals surface area contributed by atoms with Crippen LogP contribution >= 0.6 is 0 Å². The first-order valence-electron chi connectivity index (χ1n) is 9.49. The Hall–Kier alpha value is -2.49. The Morgan fingerprint density at radius 2 is 1.76 bits per heavy atom. The lowest BCUT2D eigenvalue weighted by Crippen LogP contribution is -2.48. The average Bonchev–Trinajstić information content (AvgIpc) is 2.69. The van der Waals surface area contributed by atoms with E-state index < -0.39 is 14.9 Å². The van der Waals surface area contributed by atoms with Gasteiger partial charge in [-0.05, 0) is 26.0 Å². The van der Waals surface area contributed by atoms with Crippen LogP contribution < -0.4 is 4.74 Å². The molecule has 0 unspecified atom stereocenters. The van der Waals surface area contributed by atoms with Crippen molar-refractivity contribution in [2.75, 3.05) is 26.2 Å². The molecule has 9 heteroatoms. The Labute approximate surface area is 170 Å². The van der Waals surface area contributed by atoms with Gasteiger partial charge >= 0.3 is 0 Å². The van der Waals surface area contributed by atoms with Crippen molar-refractivity contribution in [3.63, 3.8) is 0 Å². The number of hydrogen-bond acceptors (Lipinski definition) is 6. The molecule has 0 radical (unpaired) electrons. The third-order valence-corrected chi connectivity index (χ3v) is 6.62. The molecule has 1 heterocycles. The van der Waals surface area contributed by atoms with Crippen LogP contribution in [0.25, 0.3) is 0 Å². The molecule has 8 nitrogen and oxygen atoms in total. The topological polar surface area (TPSA) is 93.0 Å². The van der Waals surface area contributed by atoms with E-state index in [-0.39, 0.29) is 16.7 Å². The molecule has 1 fully saturated rings. The standard InChI is InChI=1S/C20H25N3O5S/c1-16(2)28-20-9-4-3-6-17(20)15-21-10-12-22(13-11-21)29(26,27)19-8-5-7-18(14-19)23(24)25/h3-9,14,16H,10-13,15H2,1-2H3. The van der Waals surface area contributed by atoms with Crippen molar-refractivity contribution >= 4 is 15.7 Å². The largest absolute Gasteiger partial charge is 0.491 e. The summed E-state index contributed by atoms with van der Waals surface area (Å²) in [7, 11) is -3.76. The van der Waals surface area contributed by atoms with E-state index in [0.717, 1.165) is 17.4 Å². The summed E-state index contributed by atoms with van der Waals surface area (Å²) >= 11 is 0. The van der Waals surface area contributed by atoms with Crippen molar-refractivity contribution in [2.45, 2.75) is 31.4 Å². The van der Waals surface area contributed by atoms with Crippen LogP contribution in [0.4, 0.5) is 5.69 Å². The summed E-state index contributed by atoms with van der Waals surface area (Å²) in [6.45, 7) is 6.45. The average molecular weight is 420 g/mol. The monoisotopic (exact) mass is 419 g/mol. The Bertz CT molecular complexity index is 970. The molecule has 1 saturated heterocycles. The van der Waals surface area contributed by atoms with Crippen molar-refractivity contribution in [3.05, 3.63) is 64.2 Å². The number of para-hydroxylation sites is 1. The molecule has 3 rings (SSSR count). The van der Waals surface area contributed by atoms with Gasteiger partial charge in [0.1, 0.15) is 5.75 Å². The van der Waals surface area contributed by atoms with Crippen LogP contribution in [0, 0.1) is 10.1 Å². The van der Waals surface area contributed by atoms with E-state index in [9.17, 15) is 18.5 Å². The highest BCUT2D eigenvalue weighted by Crippen LogP contribution is 2.24. The van der Waals surface area contributed by atoms with Crippen LogP contribution in [0.15, 0.2) is 53.4 Å². The molecular formula is C20H25N3O5S. The van der Waals surface area contributed by atoms with Crippen LogP contribution in [0.5, 0.6) is 5.75 Å². The SMILES string of the molecule is CC(C)Oc1ccccc1CN1CCN(S(=O)(=O)c2cccc([N+](=O)[O-])c2)CC1. The summed E-state index contributed by atoms with van der Waals surface area (Å²) in [4.78, 5) is 12.5. The second-order valence-electron chi connectivity index (χ2n) is 7.21. The quantitative estimate of drug-likeness (QED) is 0.506. The minimum atomic E-state index is -3.76. The molecule has 2 aromatic rings. The Morgan fingerprint density at radius 1 is 1.07 bits per heavy atom. The summed E-state index contributed by atoms with van der Waals surface area (Å²) in [6.07, 6.45) is 0.0769. The smallest absolute Gasteiger partial charge is 0.270 e. The van der Waals surface area contributed by atoms with Crippen molar-refractivity contribution in [1.82, 2.24) is 9.21 Å². The summed E-state index contributed by atoms with van der Waals surface area (Å²) < 4.78 is 33.0. The summed E-state index contributed by atoms with van der Waals surface area (Å²) in [5, 5.41) is 10.9. The van der Waals surface area contributed by atoms with E-state index in [0.29, 0.717) is 32.7 Å². The molecule has 29 heavy (non-hydrogen) atoms. The van der Waals surface area contributed by atoms with Gasteiger partial charge in [-0.15, -0.1) is 0 Å². The van der Waals surface area contributed by atoms with E-state index in [4.69, 9.17) is 4.74 Å². The predicted molar refractivity (Wildman–Crippen MR) is 109 cm³/mol. The molecule has 1 aliphatic heterocycles. The number of piperazine rings is 1. The Balaban J connectivity index is 1.66. The minimum absolute atomic E-state index is 0.0455. The number of benzene rings is 2. The van der Waals surface area contributed by atoms with Gasteiger partial charge in [0.2, 0.25) is 10.0 Å². The van der Waals surface area contributed by atoms with Gasteiger partial charge < -0.3 is 4.74 Å². The lowest BCUT2D eigenvalue weighted by molar-refractivity contribution is -0.385. The maximum Gasteiger partial charge on any atom is 0.270 e. The molecule has 0 aromatic heterocycles. The van der Waals surface area contributed by atoms with Gasteiger partial charge in [-0.3, -0.25) is 15.0 Å². The summed E-state index contributed by atoms with van der Waals surface area (Å²) in [5.41, 5.74) is 0.836. The summed E-state index contributed by atoms with van der Waals surface area (Å²) in [6, 6.07) is 13.1. The van der Waals surface area contributed by atoms with Gasteiger partial charge in [-0.2, -0.15) is 4.31 Å². The maximum atomic E-state index is 12.9. The second kappa shape index (κ2) is 8.89. The first-order valence-corrected chi connectivity index (χ1v) is 10.9. The van der Waals surface area contributed by atoms with E-state index in [1.54, 1.807) is 0 Å². The predicted octanol–water partition coefficient (Wildman–Crippen LogP) is 2.89. The van der Waals surface area contributed by atoms with Crippen LogP contribution in [-0.2, 0) is 16.6 Å². The maximum absolute atomic E-state index is 12.9. The number of nitrogens with zero attached hydrogens (tertiary/aromatic N) is 3. The van der Waals surface area contributed by atoms with Crippen LogP contribution in [-0.4, -0.2) is 54.8 Å². The number of non-ortho nitro benzene ring substituents is 1. The van der Waals surface area contributed by atoms with Crippen LogP contribution in [0.3, 0.4) is 0 Å². The lowest BCUT2D eigenvalue weighted by atomic mass is 10.1. The Morgan fingerprint density at radius 3 is 2.41 bits per heavy atom. The highest BCUT2D eigenvalue weighted by Gasteiger charge is 2.29. The fourth-order valence-corrected chi connectivity index (χ4v) is 4.74. The minimum Gasteiger partial charge on any atom is -0.491 e. The van der Waals surface area contributed by atoms with E-state index in [1.165, 1.54) is 22.5 Å². The normalized spacial score (nSPS) is 16.1. The van der Waals surface area contributed by atoms with Crippen molar-refractivity contribution < 1.29 is 18.1 Å². The molecule has 156 valence electrons. The number of ether oxygens (including phenoxy) is 1. The van der Waals surface area contributed by atoms with E-state index in [2.05, 4.69) is 4.90 Å². The van der Waals surface area contributed by atoms with Crippen molar-refractivity contribution in [1.29, 1.82) is 0 Å². The zero-order chi connectivity index (χ0) is 21.0. The van der Waals surface area contributed by atoms with Crippen molar-refractivity contribution in [3.8, 4) is 5.75 Å². The highest BCUT2D eigenvalue weighted by molar-refractivity contribution is 7.89. The third-order valence-electron chi connectivity index (χ3n) is 4.73. The van der Waals surface area contributed by atoms with Gasteiger partial charge in [0.25, 0.3) is 5.69 Å². The number of nitro groups is 1. The molecule has 2 aromatic carbocycles. The molecule has 0 atom stereocenters. The number of rotatable bonds is 7. The van der Waals surface area contributed by atoms with Gasteiger partial charge in [-0.25, -0.2) is 8.42 Å². The first-order chi connectivity index (χ1) is 13.8. The fraction of sp³-hybridized carbons (Fsp3) is 0.400. The van der Waals surface area contributed by atoms with Gasteiger partial charge in [0, 0.05) is 50.4 Å². The number of sulfonamides is 1. The summed E-state index contributed by atoms with van der Waals surface area (Å²) in [5.74, 6) is 0.842. The van der Waals surface area contributed by atoms with Gasteiger partial charge in [-0.1, -0.05) is 24.3 Å². The van der Waals surface area contributed by atoms with E-state index >= 15 is 0 Å². The molecule has 0 aliphatic carbocycles. The van der Waals surface area contributed by atoms with Crippen molar-refractivity contribution in [2.24, 2.45) is 0 Å². The highest BCUT2D eigenvalue weighted by atomic mass is 32.2. The van der Waals surface area contributed by atoms with Crippen LogP contribution in [0.1, 0.15) is 19.4 Å². The lowest BCUT2D eigenvalue weighted by Gasteiger charge is -2.34. The molecule has 0 spiro atoms. The van der Waals surface area contributed by atoms with E-state index in [1.807, 2.05) is 38.1 Å². The second-order valence-corrected chi connectivity index (χ2v) is 9.15. The zero-order valence-electron chi connectivity index (χ0n) is 16.5. The zero-order valence-corrected chi connectivity index (χ0v) is 17.3. The molecule has 0 bridgehead atoms. The molecule has 0 amide bonds. The first kappa shape index (κ1) is 21.2. The van der Waals surface area contributed by atoms with Crippen LogP contribution in [0.2, 0.25) is 0 Å². The van der Waals surface area contributed by atoms with Gasteiger partial charge in [0.15, 0.2) is 0 Å². The Kier molecular flexibility index (Phi) is 6.51. The molecule has 0 saturated carbocycles. The number of nitro benzene ring substituents is 1. The van der Waals surface area contributed by atoms with Gasteiger partial charge in [0.05, 0.1) is 15.9 Å². The number of hydrogen-bond donors (Lipinski definition) is 0. The molecule has 0 N–H and O–H groups in total.